The molecular weight excluding hydrogens is 220 g/mol. The van der Waals surface area contributed by atoms with Gasteiger partial charge in [0.05, 0.1) is 0 Å². The molecule has 5 nitrogen and oxygen atoms in total. The lowest BCUT2D eigenvalue weighted by atomic mass is 9.89. The van der Waals surface area contributed by atoms with Crippen molar-refractivity contribution in [1.29, 1.82) is 0 Å². The number of urea groups is 1. The standard InChI is InChI=1S/C12H20N2O3/c1-2-8-5-6-14(10(7-8)11(15)16)12(17)13-9-3-4-9/h8-10H,2-7H2,1H3,(H,13,17)(H,15,16). The Morgan fingerprint density at radius 1 is 1.35 bits per heavy atom. The molecule has 17 heavy (non-hydrogen) atoms. The summed E-state index contributed by atoms with van der Waals surface area (Å²) in [7, 11) is 0. The van der Waals surface area contributed by atoms with Crippen LogP contribution in [0.3, 0.4) is 0 Å². The van der Waals surface area contributed by atoms with Crippen LogP contribution in [0.1, 0.15) is 39.0 Å². The van der Waals surface area contributed by atoms with E-state index in [2.05, 4.69) is 12.2 Å². The molecule has 0 spiro atoms. The van der Waals surface area contributed by atoms with Gasteiger partial charge in [-0.05, 0) is 31.6 Å². The second-order valence-electron chi connectivity index (χ2n) is 5.07. The van der Waals surface area contributed by atoms with Crippen molar-refractivity contribution >= 4 is 12.0 Å². The zero-order valence-corrected chi connectivity index (χ0v) is 10.2. The van der Waals surface area contributed by atoms with Crippen molar-refractivity contribution in [3.63, 3.8) is 0 Å². The Labute approximate surface area is 101 Å². The average Bonchev–Trinajstić information content (AvgIpc) is 3.12. The van der Waals surface area contributed by atoms with Gasteiger partial charge in [-0.3, -0.25) is 0 Å². The molecule has 5 heteroatoms. The van der Waals surface area contributed by atoms with Crippen LogP contribution in [0.5, 0.6) is 0 Å². The summed E-state index contributed by atoms with van der Waals surface area (Å²) in [6.45, 7) is 2.64. The summed E-state index contributed by atoms with van der Waals surface area (Å²) >= 11 is 0. The molecule has 2 aliphatic rings. The molecule has 2 atom stereocenters. The quantitative estimate of drug-likeness (QED) is 0.784. The Balaban J connectivity index is 1.98. The van der Waals surface area contributed by atoms with Crippen molar-refractivity contribution in [2.24, 2.45) is 5.92 Å². The minimum atomic E-state index is -0.880. The molecule has 0 radical (unpaired) electrons. The minimum absolute atomic E-state index is 0.200. The van der Waals surface area contributed by atoms with E-state index in [0.29, 0.717) is 18.9 Å². The van der Waals surface area contributed by atoms with Gasteiger partial charge in [-0.1, -0.05) is 13.3 Å². The molecule has 2 amide bonds. The zero-order chi connectivity index (χ0) is 12.4. The van der Waals surface area contributed by atoms with Gasteiger partial charge in [-0.25, -0.2) is 9.59 Å². The van der Waals surface area contributed by atoms with Crippen molar-refractivity contribution in [2.75, 3.05) is 6.54 Å². The van der Waals surface area contributed by atoms with Crippen molar-refractivity contribution in [3.05, 3.63) is 0 Å². The number of carboxylic acid groups (broad SMARTS) is 1. The fourth-order valence-electron chi connectivity index (χ4n) is 2.37. The van der Waals surface area contributed by atoms with Gasteiger partial charge in [-0.15, -0.1) is 0 Å². The fraction of sp³-hybridized carbons (Fsp3) is 0.833. The molecule has 1 aliphatic carbocycles. The third kappa shape index (κ3) is 2.90. The molecule has 96 valence electrons. The molecule has 2 rings (SSSR count). The molecule has 2 unspecified atom stereocenters. The molecule has 0 bridgehead atoms. The van der Waals surface area contributed by atoms with Crippen molar-refractivity contribution in [3.8, 4) is 0 Å². The smallest absolute Gasteiger partial charge is 0.326 e. The Kier molecular flexibility index (Phi) is 3.54. The topological polar surface area (TPSA) is 69.6 Å². The SMILES string of the molecule is CCC1CCN(C(=O)NC2CC2)C(C(=O)O)C1. The summed E-state index contributed by atoms with van der Waals surface area (Å²) in [6, 6.07) is -0.567. The first-order valence-corrected chi connectivity index (χ1v) is 6.41. The maximum atomic E-state index is 11.9. The number of carbonyl (C=O) groups is 2. The lowest BCUT2D eigenvalue weighted by Crippen LogP contribution is -2.53. The molecule has 0 aromatic rings. The van der Waals surface area contributed by atoms with Gasteiger partial charge < -0.3 is 15.3 Å². The molecule has 2 N–H and O–H groups in total. The number of likely N-dealkylation sites (tertiary alicyclic amines) is 1. The summed E-state index contributed by atoms with van der Waals surface area (Å²) in [5, 5.41) is 12.1. The predicted octanol–water partition coefficient (Wildman–Crippen LogP) is 1.43. The van der Waals surface area contributed by atoms with Crippen LogP contribution < -0.4 is 5.32 Å². The molecule has 0 aromatic carbocycles. The number of hydrogen-bond acceptors (Lipinski definition) is 2. The van der Waals surface area contributed by atoms with E-state index in [1.807, 2.05) is 0 Å². The van der Waals surface area contributed by atoms with E-state index < -0.39 is 12.0 Å². The first-order valence-electron chi connectivity index (χ1n) is 6.41. The normalized spacial score (nSPS) is 28.9. The Morgan fingerprint density at radius 3 is 2.59 bits per heavy atom. The van der Waals surface area contributed by atoms with Crippen LogP contribution >= 0.6 is 0 Å². The largest absolute Gasteiger partial charge is 0.480 e. The third-order valence-electron chi connectivity index (χ3n) is 3.74. The highest BCUT2D eigenvalue weighted by Crippen LogP contribution is 2.26. The van der Waals surface area contributed by atoms with Crippen molar-refractivity contribution < 1.29 is 14.7 Å². The van der Waals surface area contributed by atoms with Gasteiger partial charge in [0.15, 0.2) is 0 Å². The molecular formula is C12H20N2O3. The number of piperidine rings is 1. The van der Waals surface area contributed by atoms with Gasteiger partial charge in [0.25, 0.3) is 0 Å². The third-order valence-corrected chi connectivity index (χ3v) is 3.74. The Hall–Kier alpha value is -1.26. The second-order valence-corrected chi connectivity index (χ2v) is 5.07. The Bertz CT molecular complexity index is 315. The van der Waals surface area contributed by atoms with Crippen LogP contribution in [0.15, 0.2) is 0 Å². The first kappa shape index (κ1) is 12.2. The first-order chi connectivity index (χ1) is 8.11. The van der Waals surface area contributed by atoms with Gasteiger partial charge in [0.1, 0.15) is 6.04 Å². The molecule has 1 saturated heterocycles. The number of hydrogen-bond donors (Lipinski definition) is 2. The van der Waals surface area contributed by atoms with E-state index >= 15 is 0 Å². The van der Waals surface area contributed by atoms with E-state index in [0.717, 1.165) is 25.7 Å². The molecule has 0 aromatic heterocycles. The molecule has 2 fully saturated rings. The highest BCUT2D eigenvalue weighted by molar-refractivity contribution is 5.83. The number of amides is 2. The highest BCUT2D eigenvalue weighted by Gasteiger charge is 2.37. The van der Waals surface area contributed by atoms with Crippen LogP contribution in [0.4, 0.5) is 4.79 Å². The second kappa shape index (κ2) is 4.94. The molecule has 1 saturated carbocycles. The summed E-state index contributed by atoms with van der Waals surface area (Å²) in [5.41, 5.74) is 0. The van der Waals surface area contributed by atoms with E-state index in [9.17, 15) is 14.7 Å². The maximum Gasteiger partial charge on any atom is 0.326 e. The summed E-state index contributed by atoms with van der Waals surface area (Å²) in [5.74, 6) is -0.449. The van der Waals surface area contributed by atoms with Gasteiger partial charge in [0, 0.05) is 12.6 Å². The van der Waals surface area contributed by atoms with Crippen LogP contribution in [0.2, 0.25) is 0 Å². The maximum absolute atomic E-state index is 11.9. The van der Waals surface area contributed by atoms with Gasteiger partial charge in [0.2, 0.25) is 0 Å². The lowest BCUT2D eigenvalue weighted by molar-refractivity contribution is -0.144. The van der Waals surface area contributed by atoms with Crippen molar-refractivity contribution in [2.45, 2.75) is 51.1 Å². The number of nitrogens with zero attached hydrogens (tertiary/aromatic N) is 1. The monoisotopic (exact) mass is 240 g/mol. The minimum Gasteiger partial charge on any atom is -0.480 e. The lowest BCUT2D eigenvalue weighted by Gasteiger charge is -2.36. The number of nitrogens with one attached hydrogen (secondary N) is 1. The highest BCUT2D eigenvalue weighted by atomic mass is 16.4. The Morgan fingerprint density at radius 2 is 2.06 bits per heavy atom. The molecule has 1 aliphatic heterocycles. The van der Waals surface area contributed by atoms with Crippen molar-refractivity contribution in [1.82, 2.24) is 10.2 Å². The fourth-order valence-corrected chi connectivity index (χ4v) is 2.37. The number of carbonyl (C=O) groups excluding carboxylic acids is 1. The van der Waals surface area contributed by atoms with Crippen LogP contribution in [0, 0.1) is 5.92 Å². The summed E-state index contributed by atoms with van der Waals surface area (Å²) < 4.78 is 0. The van der Waals surface area contributed by atoms with E-state index in [1.54, 1.807) is 0 Å². The molecule has 1 heterocycles. The van der Waals surface area contributed by atoms with E-state index in [-0.39, 0.29) is 12.1 Å². The average molecular weight is 240 g/mol. The van der Waals surface area contributed by atoms with Crippen LogP contribution in [-0.4, -0.2) is 40.6 Å². The summed E-state index contributed by atoms with van der Waals surface area (Å²) in [6.07, 6.45) is 4.54. The summed E-state index contributed by atoms with van der Waals surface area (Å²) in [4.78, 5) is 24.6. The number of aliphatic carboxylic acids is 1. The zero-order valence-electron chi connectivity index (χ0n) is 10.2. The van der Waals surface area contributed by atoms with E-state index in [4.69, 9.17) is 0 Å². The van der Waals surface area contributed by atoms with E-state index in [1.165, 1.54) is 4.90 Å². The van der Waals surface area contributed by atoms with Crippen LogP contribution in [0.25, 0.3) is 0 Å². The van der Waals surface area contributed by atoms with Crippen LogP contribution in [-0.2, 0) is 4.79 Å². The van der Waals surface area contributed by atoms with Gasteiger partial charge >= 0.3 is 12.0 Å². The number of carboxylic acids is 1. The number of rotatable bonds is 3. The van der Waals surface area contributed by atoms with Gasteiger partial charge in [-0.2, -0.15) is 0 Å². The predicted molar refractivity (Wildman–Crippen MR) is 62.7 cm³/mol.